The number of fused-ring (bicyclic) bond motifs is 2. The largest absolute Gasteiger partial charge is 0.367 e. The Kier molecular flexibility index (Phi) is 4.07. The summed E-state index contributed by atoms with van der Waals surface area (Å²) in [7, 11) is 0. The van der Waals surface area contributed by atoms with Gasteiger partial charge in [0.15, 0.2) is 5.65 Å². The Bertz CT molecular complexity index is 1030. The molecule has 0 unspecified atom stereocenters. The van der Waals surface area contributed by atoms with E-state index in [9.17, 15) is 4.79 Å². The molecule has 2 aliphatic rings. The van der Waals surface area contributed by atoms with E-state index in [4.69, 9.17) is 0 Å². The van der Waals surface area contributed by atoms with Crippen LogP contribution in [-0.2, 0) is 12.8 Å². The number of anilines is 1. The summed E-state index contributed by atoms with van der Waals surface area (Å²) >= 11 is 0. The van der Waals surface area contributed by atoms with E-state index in [1.165, 1.54) is 0 Å². The molecule has 0 radical (unpaired) electrons. The monoisotopic (exact) mass is 362 g/mol. The van der Waals surface area contributed by atoms with Crippen molar-refractivity contribution in [2.75, 3.05) is 5.32 Å². The van der Waals surface area contributed by atoms with E-state index in [1.807, 2.05) is 12.1 Å². The van der Waals surface area contributed by atoms with Crippen molar-refractivity contribution in [2.45, 2.75) is 57.0 Å². The van der Waals surface area contributed by atoms with Crippen molar-refractivity contribution < 1.29 is 0 Å². The molecule has 3 aromatic heterocycles. The van der Waals surface area contributed by atoms with E-state index >= 15 is 0 Å². The molecule has 0 saturated heterocycles. The van der Waals surface area contributed by atoms with Crippen LogP contribution in [0.2, 0.25) is 0 Å². The molecule has 5 rings (SSSR count). The summed E-state index contributed by atoms with van der Waals surface area (Å²) in [5.74, 6) is 0.837. The van der Waals surface area contributed by atoms with Gasteiger partial charge in [0.05, 0.1) is 17.1 Å². The van der Waals surface area contributed by atoms with Gasteiger partial charge in [0.2, 0.25) is 0 Å². The molecule has 0 amide bonds. The third-order valence-electron chi connectivity index (χ3n) is 5.77. The second kappa shape index (κ2) is 6.72. The molecule has 0 spiro atoms. The van der Waals surface area contributed by atoms with Crippen LogP contribution in [-0.4, -0.2) is 30.8 Å². The van der Waals surface area contributed by atoms with E-state index in [1.54, 1.807) is 23.3 Å². The topological polar surface area (TPSA) is 85.6 Å². The lowest BCUT2D eigenvalue weighted by Crippen LogP contribution is -2.34. The summed E-state index contributed by atoms with van der Waals surface area (Å²) in [4.78, 5) is 25.4. The third kappa shape index (κ3) is 3.07. The standard InChI is InChI=1S/C20H22N6O/c27-18-11-13-3-1-5-17(13)25-26(18)15-8-6-14(7-9-15)24-20-16-4-2-10-21-19(16)22-12-23-20/h2,4,10-12,14-15H,1,3,5-9H2,(H,21,22,23,24). The number of rotatable bonds is 3. The van der Waals surface area contributed by atoms with Gasteiger partial charge in [-0.3, -0.25) is 4.79 Å². The van der Waals surface area contributed by atoms with E-state index in [0.717, 1.165) is 67.4 Å². The van der Waals surface area contributed by atoms with Crippen LogP contribution < -0.4 is 10.9 Å². The van der Waals surface area contributed by atoms with Crippen LogP contribution in [0.1, 0.15) is 49.4 Å². The lowest BCUT2D eigenvalue weighted by Gasteiger charge is -2.30. The molecule has 27 heavy (non-hydrogen) atoms. The maximum atomic E-state index is 12.5. The van der Waals surface area contributed by atoms with Crippen molar-refractivity contribution in [2.24, 2.45) is 0 Å². The number of aromatic nitrogens is 5. The number of aryl methyl sites for hydroxylation is 2. The van der Waals surface area contributed by atoms with Crippen molar-refractivity contribution in [3.63, 3.8) is 0 Å². The Hall–Kier alpha value is -2.83. The highest BCUT2D eigenvalue weighted by atomic mass is 16.1. The summed E-state index contributed by atoms with van der Waals surface area (Å²) in [6, 6.07) is 6.24. The number of nitrogens with zero attached hydrogens (tertiary/aromatic N) is 5. The number of pyridine rings is 1. The van der Waals surface area contributed by atoms with E-state index in [2.05, 4.69) is 25.4 Å². The van der Waals surface area contributed by atoms with Crippen molar-refractivity contribution in [3.8, 4) is 0 Å². The minimum atomic E-state index is 0.0555. The zero-order chi connectivity index (χ0) is 18.2. The average Bonchev–Trinajstić information content (AvgIpc) is 3.15. The maximum Gasteiger partial charge on any atom is 0.267 e. The SMILES string of the molecule is O=c1cc2c(nn1C1CCC(Nc3ncnc4ncccc34)CC1)CCC2. The molecule has 1 saturated carbocycles. The molecule has 3 aromatic rings. The predicted molar refractivity (Wildman–Crippen MR) is 103 cm³/mol. The summed E-state index contributed by atoms with van der Waals surface area (Å²) in [5, 5.41) is 9.18. The summed E-state index contributed by atoms with van der Waals surface area (Å²) < 4.78 is 1.74. The molecule has 0 bridgehead atoms. The van der Waals surface area contributed by atoms with Gasteiger partial charge in [-0.05, 0) is 62.6 Å². The smallest absolute Gasteiger partial charge is 0.267 e. The van der Waals surface area contributed by atoms with E-state index in [0.29, 0.717) is 11.7 Å². The fourth-order valence-electron chi connectivity index (χ4n) is 4.35. The van der Waals surface area contributed by atoms with Crippen molar-refractivity contribution in [3.05, 3.63) is 52.3 Å². The molecule has 3 heterocycles. The Morgan fingerprint density at radius 1 is 1.07 bits per heavy atom. The highest BCUT2D eigenvalue weighted by Gasteiger charge is 2.26. The summed E-state index contributed by atoms with van der Waals surface area (Å²) in [5.41, 5.74) is 3.03. The Morgan fingerprint density at radius 3 is 2.85 bits per heavy atom. The quantitative estimate of drug-likeness (QED) is 0.771. The van der Waals surface area contributed by atoms with Crippen LogP contribution in [0.15, 0.2) is 35.5 Å². The van der Waals surface area contributed by atoms with Gasteiger partial charge in [-0.1, -0.05) is 0 Å². The molecule has 0 aromatic carbocycles. The molecular formula is C20H22N6O. The minimum Gasteiger partial charge on any atom is -0.367 e. The van der Waals surface area contributed by atoms with Gasteiger partial charge in [0.25, 0.3) is 5.56 Å². The first-order valence-electron chi connectivity index (χ1n) is 9.72. The Morgan fingerprint density at radius 2 is 1.96 bits per heavy atom. The van der Waals surface area contributed by atoms with Gasteiger partial charge in [-0.25, -0.2) is 19.6 Å². The lowest BCUT2D eigenvalue weighted by molar-refractivity contribution is 0.302. The molecule has 1 N–H and O–H groups in total. The highest BCUT2D eigenvalue weighted by molar-refractivity contribution is 5.85. The van der Waals surface area contributed by atoms with E-state index < -0.39 is 0 Å². The first-order chi connectivity index (χ1) is 13.3. The first-order valence-corrected chi connectivity index (χ1v) is 9.72. The number of hydrogen-bond donors (Lipinski definition) is 1. The second-order valence-corrected chi connectivity index (χ2v) is 7.50. The Balaban J connectivity index is 1.30. The fourth-order valence-corrected chi connectivity index (χ4v) is 4.35. The molecule has 0 atom stereocenters. The van der Waals surface area contributed by atoms with Gasteiger partial charge < -0.3 is 5.32 Å². The van der Waals surface area contributed by atoms with Crippen LogP contribution >= 0.6 is 0 Å². The average molecular weight is 362 g/mol. The fraction of sp³-hybridized carbons (Fsp3) is 0.450. The second-order valence-electron chi connectivity index (χ2n) is 7.50. The number of nitrogens with one attached hydrogen (secondary N) is 1. The zero-order valence-electron chi connectivity index (χ0n) is 15.1. The molecule has 0 aliphatic heterocycles. The van der Waals surface area contributed by atoms with Crippen LogP contribution in [0.3, 0.4) is 0 Å². The number of hydrogen-bond acceptors (Lipinski definition) is 6. The predicted octanol–water partition coefficient (Wildman–Crippen LogP) is 2.67. The van der Waals surface area contributed by atoms with E-state index in [-0.39, 0.29) is 11.6 Å². The van der Waals surface area contributed by atoms with Crippen molar-refractivity contribution >= 4 is 16.9 Å². The summed E-state index contributed by atoms with van der Waals surface area (Å²) in [6.07, 6.45) is 10.3. The zero-order valence-corrected chi connectivity index (χ0v) is 15.1. The highest BCUT2D eigenvalue weighted by Crippen LogP contribution is 2.30. The van der Waals surface area contributed by atoms with Crippen LogP contribution in [0.4, 0.5) is 5.82 Å². The molecule has 7 nitrogen and oxygen atoms in total. The molecular weight excluding hydrogens is 340 g/mol. The maximum absolute atomic E-state index is 12.5. The van der Waals surface area contributed by atoms with Crippen LogP contribution in [0.5, 0.6) is 0 Å². The first kappa shape index (κ1) is 16.4. The van der Waals surface area contributed by atoms with Crippen molar-refractivity contribution in [1.29, 1.82) is 0 Å². The molecule has 7 heteroatoms. The Labute approximate surface area is 156 Å². The van der Waals surface area contributed by atoms with Gasteiger partial charge in [0, 0.05) is 18.3 Å². The normalized spacial score (nSPS) is 21.9. The van der Waals surface area contributed by atoms with Gasteiger partial charge >= 0.3 is 0 Å². The van der Waals surface area contributed by atoms with Crippen LogP contribution in [0.25, 0.3) is 11.0 Å². The van der Waals surface area contributed by atoms with Crippen LogP contribution in [0, 0.1) is 0 Å². The third-order valence-corrected chi connectivity index (χ3v) is 5.77. The lowest BCUT2D eigenvalue weighted by atomic mass is 9.91. The minimum absolute atomic E-state index is 0.0555. The van der Waals surface area contributed by atoms with Crippen molar-refractivity contribution in [1.82, 2.24) is 24.7 Å². The van der Waals surface area contributed by atoms with Gasteiger partial charge in [-0.15, -0.1) is 0 Å². The molecule has 1 fully saturated rings. The molecule has 138 valence electrons. The summed E-state index contributed by atoms with van der Waals surface area (Å²) in [6.45, 7) is 0. The van der Waals surface area contributed by atoms with Gasteiger partial charge in [-0.2, -0.15) is 5.10 Å². The molecule has 2 aliphatic carbocycles. The van der Waals surface area contributed by atoms with Gasteiger partial charge in [0.1, 0.15) is 12.1 Å².